The lowest BCUT2D eigenvalue weighted by Crippen LogP contribution is -2.49. The SMILES string of the molecule is Nc1cc(C2CNNC2C2CCCN(C(=O)Nc3ccccc3)C2)ccn1. The fraction of sp³-hybridized carbons (Fsp3) is 0.400. The zero-order valence-corrected chi connectivity index (χ0v) is 15.3. The summed E-state index contributed by atoms with van der Waals surface area (Å²) in [6.45, 7) is 2.39. The average Bonchev–Trinajstić information content (AvgIpc) is 3.19. The van der Waals surface area contributed by atoms with Crippen molar-refractivity contribution < 1.29 is 4.79 Å². The van der Waals surface area contributed by atoms with E-state index in [9.17, 15) is 4.79 Å². The Hall–Kier alpha value is -2.64. The molecule has 2 amide bonds. The molecule has 3 atom stereocenters. The van der Waals surface area contributed by atoms with E-state index in [4.69, 9.17) is 5.73 Å². The van der Waals surface area contributed by atoms with Crippen molar-refractivity contribution in [2.75, 3.05) is 30.7 Å². The molecule has 0 bridgehead atoms. The third-order valence-electron chi connectivity index (χ3n) is 5.54. The van der Waals surface area contributed by atoms with Crippen LogP contribution >= 0.6 is 0 Å². The van der Waals surface area contributed by atoms with Gasteiger partial charge >= 0.3 is 6.03 Å². The van der Waals surface area contributed by atoms with Gasteiger partial charge in [-0.15, -0.1) is 0 Å². The van der Waals surface area contributed by atoms with Gasteiger partial charge in [0.05, 0.1) is 0 Å². The van der Waals surface area contributed by atoms with Gasteiger partial charge in [-0.25, -0.2) is 9.78 Å². The van der Waals surface area contributed by atoms with E-state index in [0.717, 1.165) is 38.2 Å². The topological polar surface area (TPSA) is 95.3 Å². The molecule has 5 N–H and O–H groups in total. The van der Waals surface area contributed by atoms with Crippen molar-refractivity contribution >= 4 is 17.5 Å². The van der Waals surface area contributed by atoms with Crippen LogP contribution in [0.5, 0.6) is 0 Å². The summed E-state index contributed by atoms with van der Waals surface area (Å²) in [5, 5.41) is 3.00. The summed E-state index contributed by atoms with van der Waals surface area (Å²) < 4.78 is 0. The van der Waals surface area contributed by atoms with Gasteiger partial charge in [-0.2, -0.15) is 0 Å². The van der Waals surface area contributed by atoms with E-state index < -0.39 is 0 Å². The number of nitrogens with zero attached hydrogens (tertiary/aromatic N) is 2. The summed E-state index contributed by atoms with van der Waals surface area (Å²) in [5.74, 6) is 1.25. The first-order chi connectivity index (χ1) is 13.2. The molecule has 2 saturated heterocycles. The molecular weight excluding hydrogens is 340 g/mol. The van der Waals surface area contributed by atoms with Gasteiger partial charge in [0.1, 0.15) is 5.82 Å². The molecule has 1 aromatic carbocycles. The van der Waals surface area contributed by atoms with Crippen LogP contribution in [-0.4, -0.2) is 41.6 Å². The highest BCUT2D eigenvalue weighted by atomic mass is 16.2. The Kier molecular flexibility index (Phi) is 5.22. The van der Waals surface area contributed by atoms with Crippen LogP contribution in [-0.2, 0) is 0 Å². The number of amides is 2. The number of nitrogen functional groups attached to an aromatic ring is 1. The van der Waals surface area contributed by atoms with Crippen LogP contribution < -0.4 is 21.9 Å². The zero-order valence-electron chi connectivity index (χ0n) is 15.3. The molecule has 1 aromatic heterocycles. The Labute approximate surface area is 159 Å². The van der Waals surface area contributed by atoms with Crippen LogP contribution in [0.4, 0.5) is 16.3 Å². The molecule has 0 radical (unpaired) electrons. The quantitative estimate of drug-likeness (QED) is 0.668. The highest BCUT2D eigenvalue weighted by Crippen LogP contribution is 2.32. The van der Waals surface area contributed by atoms with Gasteiger partial charge in [0.2, 0.25) is 0 Å². The van der Waals surface area contributed by atoms with Crippen LogP contribution in [0, 0.1) is 5.92 Å². The van der Waals surface area contributed by atoms with E-state index in [-0.39, 0.29) is 12.1 Å². The number of hydrogen-bond donors (Lipinski definition) is 4. The first kappa shape index (κ1) is 17.8. The number of para-hydroxylation sites is 1. The monoisotopic (exact) mass is 366 g/mol. The molecule has 2 aliphatic rings. The maximum absolute atomic E-state index is 12.7. The van der Waals surface area contributed by atoms with Crippen LogP contribution in [0.2, 0.25) is 0 Å². The smallest absolute Gasteiger partial charge is 0.321 e. The molecule has 27 heavy (non-hydrogen) atoms. The Morgan fingerprint density at radius 3 is 2.93 bits per heavy atom. The van der Waals surface area contributed by atoms with Gasteiger partial charge in [0.25, 0.3) is 0 Å². The number of carbonyl (C=O) groups is 1. The number of pyridine rings is 1. The zero-order chi connectivity index (χ0) is 18.6. The van der Waals surface area contributed by atoms with E-state index in [0.29, 0.717) is 17.7 Å². The number of hydrazine groups is 1. The molecule has 0 aliphatic carbocycles. The second kappa shape index (κ2) is 7.94. The minimum Gasteiger partial charge on any atom is -0.384 e. The Morgan fingerprint density at radius 2 is 2.11 bits per heavy atom. The summed E-state index contributed by atoms with van der Waals surface area (Å²) in [7, 11) is 0. The molecule has 3 heterocycles. The predicted octanol–water partition coefficient (Wildman–Crippen LogP) is 2.17. The van der Waals surface area contributed by atoms with Crippen LogP contribution in [0.3, 0.4) is 0 Å². The number of anilines is 2. The van der Waals surface area contributed by atoms with Gasteiger partial charge < -0.3 is 16.0 Å². The van der Waals surface area contributed by atoms with E-state index in [1.165, 1.54) is 5.56 Å². The normalized spacial score (nSPS) is 25.3. The van der Waals surface area contributed by atoms with Crippen molar-refractivity contribution in [3.05, 3.63) is 54.2 Å². The highest BCUT2D eigenvalue weighted by Gasteiger charge is 2.37. The third-order valence-corrected chi connectivity index (χ3v) is 5.54. The standard InChI is InChI=1S/C20H26N6O/c21-18-11-14(8-9-22-18)17-12-23-25-19(17)15-5-4-10-26(13-15)20(27)24-16-6-2-1-3-7-16/h1-3,6-9,11,15,17,19,23,25H,4-5,10,12-13H2,(H2,21,22)(H,24,27). The van der Waals surface area contributed by atoms with Crippen molar-refractivity contribution in [2.24, 2.45) is 5.92 Å². The summed E-state index contributed by atoms with van der Waals surface area (Å²) >= 11 is 0. The first-order valence-electron chi connectivity index (χ1n) is 9.51. The molecule has 2 aliphatic heterocycles. The number of urea groups is 1. The average molecular weight is 366 g/mol. The number of benzene rings is 1. The van der Waals surface area contributed by atoms with Crippen molar-refractivity contribution in [1.29, 1.82) is 0 Å². The minimum atomic E-state index is -0.0263. The molecule has 0 spiro atoms. The van der Waals surface area contributed by atoms with Gasteiger partial charge in [-0.3, -0.25) is 10.9 Å². The summed E-state index contributed by atoms with van der Waals surface area (Å²) in [5.41, 5.74) is 14.6. The van der Waals surface area contributed by atoms with Gasteiger partial charge in [0.15, 0.2) is 0 Å². The highest BCUT2D eigenvalue weighted by molar-refractivity contribution is 5.89. The molecule has 3 unspecified atom stereocenters. The first-order valence-corrected chi connectivity index (χ1v) is 9.51. The largest absolute Gasteiger partial charge is 0.384 e. The van der Waals surface area contributed by atoms with Gasteiger partial charge in [0, 0.05) is 43.5 Å². The van der Waals surface area contributed by atoms with Gasteiger partial charge in [-0.1, -0.05) is 18.2 Å². The Bertz CT molecular complexity index is 783. The number of nitrogens with two attached hydrogens (primary N) is 1. The number of rotatable bonds is 3. The lowest BCUT2D eigenvalue weighted by atomic mass is 9.81. The predicted molar refractivity (Wildman–Crippen MR) is 106 cm³/mol. The molecule has 142 valence electrons. The van der Waals surface area contributed by atoms with Crippen LogP contribution in [0.1, 0.15) is 24.3 Å². The molecule has 7 heteroatoms. The molecule has 0 saturated carbocycles. The summed E-state index contributed by atoms with van der Waals surface area (Å²) in [6.07, 6.45) is 3.88. The van der Waals surface area contributed by atoms with Crippen molar-refractivity contribution in [3.63, 3.8) is 0 Å². The van der Waals surface area contributed by atoms with E-state index in [2.05, 4.69) is 21.2 Å². The minimum absolute atomic E-state index is 0.0263. The molecular formula is C20H26N6O. The van der Waals surface area contributed by atoms with Crippen molar-refractivity contribution in [3.8, 4) is 0 Å². The molecule has 4 rings (SSSR count). The van der Waals surface area contributed by atoms with Crippen LogP contribution in [0.15, 0.2) is 48.7 Å². The number of piperidine rings is 1. The number of hydrogen-bond acceptors (Lipinski definition) is 5. The molecule has 2 fully saturated rings. The molecule has 2 aromatic rings. The summed E-state index contributed by atoms with van der Waals surface area (Å²) in [4.78, 5) is 18.7. The van der Waals surface area contributed by atoms with Crippen molar-refractivity contribution in [2.45, 2.75) is 24.8 Å². The maximum Gasteiger partial charge on any atom is 0.321 e. The maximum atomic E-state index is 12.7. The second-order valence-corrected chi connectivity index (χ2v) is 7.32. The van der Waals surface area contributed by atoms with E-state index in [1.807, 2.05) is 47.4 Å². The fourth-order valence-corrected chi connectivity index (χ4v) is 4.19. The number of nitrogens with one attached hydrogen (secondary N) is 3. The van der Waals surface area contributed by atoms with Gasteiger partial charge in [-0.05, 0) is 48.6 Å². The van der Waals surface area contributed by atoms with E-state index >= 15 is 0 Å². The lowest BCUT2D eigenvalue weighted by Gasteiger charge is -2.37. The van der Waals surface area contributed by atoms with Crippen molar-refractivity contribution in [1.82, 2.24) is 20.7 Å². The lowest BCUT2D eigenvalue weighted by molar-refractivity contribution is 0.159. The fourth-order valence-electron chi connectivity index (χ4n) is 4.19. The second-order valence-electron chi connectivity index (χ2n) is 7.32. The number of carbonyl (C=O) groups excluding carboxylic acids is 1. The summed E-state index contributed by atoms with van der Waals surface area (Å²) in [6, 6.07) is 13.8. The third kappa shape index (κ3) is 4.04. The Morgan fingerprint density at radius 1 is 1.26 bits per heavy atom. The van der Waals surface area contributed by atoms with E-state index in [1.54, 1.807) is 6.20 Å². The number of likely N-dealkylation sites (tertiary alicyclic amines) is 1. The van der Waals surface area contributed by atoms with Crippen LogP contribution in [0.25, 0.3) is 0 Å². The number of aromatic nitrogens is 1. The Balaban J connectivity index is 1.43. The molecule has 7 nitrogen and oxygen atoms in total.